The van der Waals surface area contributed by atoms with Gasteiger partial charge in [-0.1, -0.05) is 36.4 Å². The zero-order valence-corrected chi connectivity index (χ0v) is 15.8. The van der Waals surface area contributed by atoms with E-state index in [1.165, 1.54) is 0 Å². The number of carbonyl (C=O) groups excluding carboxylic acids is 2. The first-order chi connectivity index (χ1) is 14.1. The number of ether oxygens (including phenoxy) is 1. The van der Waals surface area contributed by atoms with Crippen LogP contribution in [0.4, 0.5) is 5.69 Å². The van der Waals surface area contributed by atoms with Gasteiger partial charge in [-0.2, -0.15) is 0 Å². The van der Waals surface area contributed by atoms with E-state index in [2.05, 4.69) is 10.3 Å². The molecule has 0 bridgehead atoms. The minimum absolute atomic E-state index is 0.103. The van der Waals surface area contributed by atoms with Crippen molar-refractivity contribution in [2.45, 2.75) is 13.5 Å². The zero-order chi connectivity index (χ0) is 20.2. The van der Waals surface area contributed by atoms with Crippen molar-refractivity contribution >= 4 is 23.2 Å². The number of para-hydroxylation sites is 1. The zero-order valence-electron chi connectivity index (χ0n) is 15.8. The van der Waals surface area contributed by atoms with Crippen molar-refractivity contribution in [1.29, 1.82) is 0 Å². The van der Waals surface area contributed by atoms with Crippen LogP contribution in [0.5, 0.6) is 0 Å². The molecule has 29 heavy (non-hydrogen) atoms. The molecule has 6 heteroatoms. The summed E-state index contributed by atoms with van der Waals surface area (Å²) in [5, 5.41) is 2.83. The second-order valence-electron chi connectivity index (χ2n) is 6.61. The molecule has 144 valence electrons. The maximum Gasteiger partial charge on any atom is 0.358 e. The molecule has 0 aliphatic heterocycles. The van der Waals surface area contributed by atoms with Gasteiger partial charge < -0.3 is 14.5 Å². The fraction of sp³-hybridized carbons (Fsp3) is 0.0870. The molecule has 2 aromatic carbocycles. The Balaban J connectivity index is 1.37. The molecule has 4 aromatic rings. The van der Waals surface area contributed by atoms with Crippen LogP contribution in [-0.4, -0.2) is 21.3 Å². The van der Waals surface area contributed by atoms with E-state index < -0.39 is 5.97 Å². The first kappa shape index (κ1) is 18.4. The third-order valence-electron chi connectivity index (χ3n) is 4.52. The molecule has 0 aliphatic rings. The van der Waals surface area contributed by atoms with Gasteiger partial charge in [0.2, 0.25) is 0 Å². The number of imidazole rings is 1. The Morgan fingerprint density at radius 1 is 0.966 bits per heavy atom. The van der Waals surface area contributed by atoms with Gasteiger partial charge in [-0.3, -0.25) is 4.79 Å². The Morgan fingerprint density at radius 2 is 1.72 bits per heavy atom. The SMILES string of the molecule is Cc1cccc2nc(C(=O)OCc3ccc(C(=O)Nc4ccccc4)cc3)cn12. The highest BCUT2D eigenvalue weighted by Gasteiger charge is 2.13. The molecule has 0 radical (unpaired) electrons. The van der Waals surface area contributed by atoms with E-state index in [1.54, 1.807) is 30.5 Å². The molecular formula is C23H19N3O3. The van der Waals surface area contributed by atoms with E-state index >= 15 is 0 Å². The number of pyridine rings is 1. The summed E-state index contributed by atoms with van der Waals surface area (Å²) in [4.78, 5) is 28.9. The summed E-state index contributed by atoms with van der Waals surface area (Å²) in [6, 6.07) is 21.9. The number of anilines is 1. The average Bonchev–Trinajstić information content (AvgIpc) is 3.19. The van der Waals surface area contributed by atoms with Crippen molar-refractivity contribution in [3.05, 3.63) is 102 Å². The Bertz CT molecular complexity index is 1170. The molecule has 4 rings (SSSR count). The second kappa shape index (κ2) is 7.98. The van der Waals surface area contributed by atoms with Crippen LogP contribution in [0.1, 0.15) is 32.1 Å². The van der Waals surface area contributed by atoms with E-state index in [0.717, 1.165) is 16.9 Å². The van der Waals surface area contributed by atoms with Crippen molar-refractivity contribution in [2.24, 2.45) is 0 Å². The summed E-state index contributed by atoms with van der Waals surface area (Å²) in [6.07, 6.45) is 1.67. The Morgan fingerprint density at radius 3 is 2.45 bits per heavy atom. The summed E-state index contributed by atoms with van der Waals surface area (Å²) in [6.45, 7) is 2.05. The third-order valence-corrected chi connectivity index (χ3v) is 4.52. The quantitative estimate of drug-likeness (QED) is 0.521. The number of rotatable bonds is 5. The molecular weight excluding hydrogens is 366 g/mol. The molecule has 0 spiro atoms. The standard InChI is InChI=1S/C23H19N3O3/c1-16-6-5-9-21-25-20(14-26(16)21)23(28)29-15-17-10-12-18(13-11-17)22(27)24-19-7-3-2-4-8-19/h2-14H,15H2,1H3,(H,24,27). The normalized spacial score (nSPS) is 10.7. The predicted octanol–water partition coefficient (Wildman–Crippen LogP) is 4.25. The predicted molar refractivity (Wildman–Crippen MR) is 110 cm³/mol. The van der Waals surface area contributed by atoms with Crippen LogP contribution in [0, 0.1) is 6.92 Å². The van der Waals surface area contributed by atoms with E-state index in [4.69, 9.17) is 4.74 Å². The summed E-state index contributed by atoms with van der Waals surface area (Å²) in [7, 11) is 0. The maximum atomic E-state index is 12.3. The fourth-order valence-electron chi connectivity index (χ4n) is 2.95. The summed E-state index contributed by atoms with van der Waals surface area (Å²) in [5.74, 6) is -0.682. The molecule has 2 aromatic heterocycles. The molecule has 2 heterocycles. The molecule has 0 fully saturated rings. The molecule has 1 amide bonds. The lowest BCUT2D eigenvalue weighted by Gasteiger charge is -2.07. The number of aromatic nitrogens is 2. The fourth-order valence-corrected chi connectivity index (χ4v) is 2.95. The van der Waals surface area contributed by atoms with E-state index in [0.29, 0.717) is 11.2 Å². The first-order valence-corrected chi connectivity index (χ1v) is 9.17. The van der Waals surface area contributed by atoms with Gasteiger partial charge in [-0.15, -0.1) is 0 Å². The van der Waals surface area contributed by atoms with Gasteiger partial charge in [-0.25, -0.2) is 9.78 Å². The highest BCUT2D eigenvalue weighted by atomic mass is 16.5. The van der Waals surface area contributed by atoms with Crippen LogP contribution < -0.4 is 5.32 Å². The summed E-state index contributed by atoms with van der Waals surface area (Å²) >= 11 is 0. The van der Waals surface area contributed by atoms with Crippen LogP contribution in [0.25, 0.3) is 5.65 Å². The average molecular weight is 385 g/mol. The Labute approximate surface area is 167 Å². The number of hydrogen-bond acceptors (Lipinski definition) is 4. The lowest BCUT2D eigenvalue weighted by Crippen LogP contribution is -2.12. The topological polar surface area (TPSA) is 72.7 Å². The molecule has 0 aliphatic carbocycles. The number of aryl methyl sites for hydroxylation is 1. The first-order valence-electron chi connectivity index (χ1n) is 9.17. The molecule has 0 atom stereocenters. The lowest BCUT2D eigenvalue weighted by molar-refractivity contribution is 0.0466. The molecule has 1 N–H and O–H groups in total. The third kappa shape index (κ3) is 4.16. The van der Waals surface area contributed by atoms with Gasteiger partial charge >= 0.3 is 5.97 Å². The number of amides is 1. The highest BCUT2D eigenvalue weighted by Crippen LogP contribution is 2.13. The van der Waals surface area contributed by atoms with Gasteiger partial charge in [-0.05, 0) is 48.9 Å². The molecule has 0 saturated carbocycles. The number of nitrogens with zero attached hydrogens (tertiary/aromatic N) is 2. The number of nitrogens with one attached hydrogen (secondary N) is 1. The highest BCUT2D eigenvalue weighted by molar-refractivity contribution is 6.04. The van der Waals surface area contributed by atoms with Gasteiger partial charge in [0, 0.05) is 23.1 Å². The Kier molecular flexibility index (Phi) is 5.07. The smallest absolute Gasteiger partial charge is 0.358 e. The summed E-state index contributed by atoms with van der Waals surface area (Å²) in [5.41, 5.74) is 4.00. The van der Waals surface area contributed by atoms with Gasteiger partial charge in [0.05, 0.1) is 0 Å². The minimum Gasteiger partial charge on any atom is -0.456 e. The molecule has 0 saturated heterocycles. The number of esters is 1. The molecule has 0 unspecified atom stereocenters. The van der Waals surface area contributed by atoms with Crippen LogP contribution in [0.2, 0.25) is 0 Å². The monoisotopic (exact) mass is 385 g/mol. The van der Waals surface area contributed by atoms with E-state index in [9.17, 15) is 9.59 Å². The van der Waals surface area contributed by atoms with Crippen LogP contribution in [0.15, 0.2) is 79.0 Å². The van der Waals surface area contributed by atoms with Crippen LogP contribution in [-0.2, 0) is 11.3 Å². The van der Waals surface area contributed by atoms with Crippen LogP contribution >= 0.6 is 0 Å². The number of hydrogen-bond donors (Lipinski definition) is 1. The number of fused-ring (bicyclic) bond motifs is 1. The van der Waals surface area contributed by atoms with Crippen molar-refractivity contribution in [3.63, 3.8) is 0 Å². The number of benzene rings is 2. The number of carbonyl (C=O) groups is 2. The maximum absolute atomic E-state index is 12.3. The van der Waals surface area contributed by atoms with Crippen molar-refractivity contribution in [2.75, 3.05) is 5.32 Å². The minimum atomic E-state index is -0.487. The van der Waals surface area contributed by atoms with Crippen LogP contribution in [0.3, 0.4) is 0 Å². The van der Waals surface area contributed by atoms with Gasteiger partial charge in [0.25, 0.3) is 5.91 Å². The van der Waals surface area contributed by atoms with E-state index in [1.807, 2.05) is 59.9 Å². The molecule has 6 nitrogen and oxygen atoms in total. The second-order valence-corrected chi connectivity index (χ2v) is 6.61. The van der Waals surface area contributed by atoms with Crippen molar-refractivity contribution < 1.29 is 14.3 Å². The Hall–Kier alpha value is -3.93. The van der Waals surface area contributed by atoms with E-state index in [-0.39, 0.29) is 18.2 Å². The largest absolute Gasteiger partial charge is 0.456 e. The van der Waals surface area contributed by atoms with Gasteiger partial charge in [0.1, 0.15) is 12.3 Å². The lowest BCUT2D eigenvalue weighted by atomic mass is 10.1. The van der Waals surface area contributed by atoms with Gasteiger partial charge in [0.15, 0.2) is 5.69 Å². The van der Waals surface area contributed by atoms with Crippen molar-refractivity contribution in [1.82, 2.24) is 9.38 Å². The van der Waals surface area contributed by atoms with Crippen molar-refractivity contribution in [3.8, 4) is 0 Å². The summed E-state index contributed by atoms with van der Waals surface area (Å²) < 4.78 is 7.21.